The average Bonchev–Trinajstić information content (AvgIpc) is 2.17. The predicted molar refractivity (Wildman–Crippen MR) is 59.5 cm³/mol. The van der Waals surface area contributed by atoms with Crippen LogP contribution in [0.2, 0.25) is 0 Å². The molecule has 0 bridgehead atoms. The first kappa shape index (κ1) is 12.2. The van der Waals surface area contributed by atoms with Gasteiger partial charge in [-0.1, -0.05) is 20.8 Å². The van der Waals surface area contributed by atoms with Gasteiger partial charge in [0.1, 0.15) is 5.78 Å². The number of carbonyl (C=O) groups is 2. The summed E-state index contributed by atoms with van der Waals surface area (Å²) in [6.07, 6.45) is 3.44. The van der Waals surface area contributed by atoms with Crippen molar-refractivity contribution in [2.45, 2.75) is 46.5 Å². The fraction of sp³-hybridized carbons (Fsp3) is 0.833. The van der Waals surface area contributed by atoms with Crippen molar-refractivity contribution in [3.05, 3.63) is 0 Å². The highest BCUT2D eigenvalue weighted by atomic mass is 16.2. The summed E-state index contributed by atoms with van der Waals surface area (Å²) in [5.41, 5.74) is -0.397. The molecule has 86 valence electrons. The third-order valence-electron chi connectivity index (χ3n) is 2.86. The van der Waals surface area contributed by atoms with Gasteiger partial charge < -0.3 is 4.90 Å². The molecule has 0 saturated carbocycles. The lowest BCUT2D eigenvalue weighted by Gasteiger charge is -2.27. The minimum Gasteiger partial charge on any atom is -0.342 e. The Bertz CT molecular complexity index is 247. The van der Waals surface area contributed by atoms with Gasteiger partial charge in [-0.3, -0.25) is 9.59 Å². The molecule has 15 heavy (non-hydrogen) atoms. The zero-order valence-corrected chi connectivity index (χ0v) is 10.0. The molecular formula is C12H21NO2. The Morgan fingerprint density at radius 3 is 2.07 bits per heavy atom. The molecule has 1 saturated heterocycles. The third-order valence-corrected chi connectivity index (χ3v) is 2.86. The van der Waals surface area contributed by atoms with E-state index in [9.17, 15) is 9.59 Å². The van der Waals surface area contributed by atoms with Crippen LogP contribution < -0.4 is 0 Å². The standard InChI is InChI=1S/C12H21NO2/c1-12(2,3)10(14)9-11(15)13-7-5-4-6-8-13/h4-9H2,1-3H3. The number of Topliss-reactive ketones (excluding diaryl/α,β-unsaturated/α-hetero) is 1. The van der Waals surface area contributed by atoms with Crippen LogP contribution in [-0.2, 0) is 9.59 Å². The summed E-state index contributed by atoms with van der Waals surface area (Å²) in [6, 6.07) is 0. The van der Waals surface area contributed by atoms with E-state index in [1.807, 2.05) is 25.7 Å². The molecule has 0 aromatic rings. The Morgan fingerprint density at radius 1 is 1.07 bits per heavy atom. The summed E-state index contributed by atoms with van der Waals surface area (Å²) in [5, 5.41) is 0. The van der Waals surface area contributed by atoms with Gasteiger partial charge in [-0.25, -0.2) is 0 Å². The third kappa shape index (κ3) is 3.65. The smallest absolute Gasteiger partial charge is 0.230 e. The number of nitrogens with zero attached hydrogens (tertiary/aromatic N) is 1. The van der Waals surface area contributed by atoms with E-state index in [1.165, 1.54) is 6.42 Å². The highest BCUT2D eigenvalue weighted by Gasteiger charge is 2.26. The maximum Gasteiger partial charge on any atom is 0.230 e. The Kier molecular flexibility index (Phi) is 3.89. The average molecular weight is 211 g/mol. The van der Waals surface area contributed by atoms with Crippen LogP contribution in [0, 0.1) is 5.41 Å². The lowest BCUT2D eigenvalue weighted by molar-refractivity contribution is -0.138. The van der Waals surface area contributed by atoms with Gasteiger partial charge in [-0.15, -0.1) is 0 Å². The highest BCUT2D eigenvalue weighted by Crippen LogP contribution is 2.18. The highest BCUT2D eigenvalue weighted by molar-refractivity contribution is 6.00. The summed E-state index contributed by atoms with van der Waals surface area (Å²) in [4.78, 5) is 25.3. The fourth-order valence-electron chi connectivity index (χ4n) is 1.66. The number of hydrogen-bond acceptors (Lipinski definition) is 2. The zero-order chi connectivity index (χ0) is 11.5. The molecule has 1 amide bonds. The summed E-state index contributed by atoms with van der Waals surface area (Å²) in [5.74, 6) is 0.0488. The summed E-state index contributed by atoms with van der Waals surface area (Å²) >= 11 is 0. The van der Waals surface area contributed by atoms with Crippen LogP contribution in [0.25, 0.3) is 0 Å². The molecule has 0 spiro atoms. The van der Waals surface area contributed by atoms with Crippen molar-refractivity contribution < 1.29 is 9.59 Å². The Hall–Kier alpha value is -0.860. The summed E-state index contributed by atoms with van der Waals surface area (Å²) < 4.78 is 0. The van der Waals surface area contributed by atoms with Crippen molar-refractivity contribution in [3.8, 4) is 0 Å². The maximum absolute atomic E-state index is 11.8. The second-order valence-corrected chi connectivity index (χ2v) is 5.29. The van der Waals surface area contributed by atoms with Crippen LogP contribution >= 0.6 is 0 Å². The molecule has 1 aliphatic rings. The van der Waals surface area contributed by atoms with Crippen molar-refractivity contribution in [1.29, 1.82) is 0 Å². The second kappa shape index (κ2) is 4.77. The molecule has 0 aromatic carbocycles. The maximum atomic E-state index is 11.8. The number of ketones is 1. The van der Waals surface area contributed by atoms with Gasteiger partial charge in [-0.05, 0) is 19.3 Å². The van der Waals surface area contributed by atoms with Crippen molar-refractivity contribution in [2.24, 2.45) is 5.41 Å². The number of piperidine rings is 1. The van der Waals surface area contributed by atoms with E-state index in [0.29, 0.717) is 0 Å². The van der Waals surface area contributed by atoms with E-state index in [-0.39, 0.29) is 18.1 Å². The van der Waals surface area contributed by atoms with Crippen molar-refractivity contribution in [2.75, 3.05) is 13.1 Å². The number of carbonyl (C=O) groups excluding carboxylic acids is 2. The van der Waals surface area contributed by atoms with E-state index in [2.05, 4.69) is 0 Å². The van der Waals surface area contributed by atoms with Crippen LogP contribution in [-0.4, -0.2) is 29.7 Å². The van der Waals surface area contributed by atoms with Gasteiger partial charge in [0.25, 0.3) is 0 Å². The minimum absolute atomic E-state index is 0.00891. The summed E-state index contributed by atoms with van der Waals surface area (Å²) in [6.45, 7) is 7.24. The summed E-state index contributed by atoms with van der Waals surface area (Å²) in [7, 11) is 0. The van der Waals surface area contributed by atoms with Crippen LogP contribution in [0.15, 0.2) is 0 Å². The molecule has 0 radical (unpaired) electrons. The van der Waals surface area contributed by atoms with E-state index < -0.39 is 5.41 Å². The van der Waals surface area contributed by atoms with E-state index in [4.69, 9.17) is 0 Å². The van der Waals surface area contributed by atoms with Crippen LogP contribution in [0.5, 0.6) is 0 Å². The van der Waals surface area contributed by atoms with Crippen molar-refractivity contribution in [1.82, 2.24) is 4.90 Å². The minimum atomic E-state index is -0.397. The molecule has 1 heterocycles. The normalized spacial score (nSPS) is 17.7. The van der Waals surface area contributed by atoms with Gasteiger partial charge in [0, 0.05) is 18.5 Å². The van der Waals surface area contributed by atoms with E-state index in [1.54, 1.807) is 0 Å². The lowest BCUT2D eigenvalue weighted by atomic mass is 9.88. The van der Waals surface area contributed by atoms with Gasteiger partial charge in [0.15, 0.2) is 0 Å². The Morgan fingerprint density at radius 2 is 1.60 bits per heavy atom. The van der Waals surface area contributed by atoms with Crippen LogP contribution in [0.3, 0.4) is 0 Å². The molecule has 0 atom stereocenters. The van der Waals surface area contributed by atoms with Gasteiger partial charge >= 0.3 is 0 Å². The van der Waals surface area contributed by atoms with Crippen molar-refractivity contribution in [3.63, 3.8) is 0 Å². The van der Waals surface area contributed by atoms with Gasteiger partial charge in [0.05, 0.1) is 6.42 Å². The van der Waals surface area contributed by atoms with E-state index in [0.717, 1.165) is 25.9 Å². The van der Waals surface area contributed by atoms with Crippen LogP contribution in [0.4, 0.5) is 0 Å². The molecule has 3 nitrogen and oxygen atoms in total. The van der Waals surface area contributed by atoms with Gasteiger partial charge in [0.2, 0.25) is 5.91 Å². The number of rotatable bonds is 2. The largest absolute Gasteiger partial charge is 0.342 e. The van der Waals surface area contributed by atoms with Crippen molar-refractivity contribution >= 4 is 11.7 Å². The second-order valence-electron chi connectivity index (χ2n) is 5.29. The Balaban J connectivity index is 2.44. The number of amides is 1. The first-order valence-electron chi connectivity index (χ1n) is 5.72. The first-order valence-corrected chi connectivity index (χ1v) is 5.72. The van der Waals surface area contributed by atoms with Crippen LogP contribution in [0.1, 0.15) is 46.5 Å². The molecule has 0 unspecified atom stereocenters. The monoisotopic (exact) mass is 211 g/mol. The number of likely N-dealkylation sites (tertiary alicyclic amines) is 1. The molecule has 0 aromatic heterocycles. The molecule has 1 fully saturated rings. The molecule has 1 aliphatic heterocycles. The quantitative estimate of drug-likeness (QED) is 0.655. The zero-order valence-electron chi connectivity index (χ0n) is 10.0. The van der Waals surface area contributed by atoms with Gasteiger partial charge in [-0.2, -0.15) is 0 Å². The lowest BCUT2D eigenvalue weighted by Crippen LogP contribution is -2.38. The number of hydrogen-bond donors (Lipinski definition) is 0. The Labute approximate surface area is 91.8 Å². The van der Waals surface area contributed by atoms with E-state index >= 15 is 0 Å². The molecule has 0 N–H and O–H groups in total. The fourth-order valence-corrected chi connectivity index (χ4v) is 1.66. The first-order chi connectivity index (χ1) is 6.91. The molecule has 1 rings (SSSR count). The molecule has 3 heteroatoms. The SMILES string of the molecule is CC(C)(C)C(=O)CC(=O)N1CCCCC1. The predicted octanol–water partition coefficient (Wildman–Crippen LogP) is 2.00. The molecular weight excluding hydrogens is 190 g/mol. The molecule has 0 aliphatic carbocycles. The topological polar surface area (TPSA) is 37.4 Å².